The highest BCUT2D eigenvalue weighted by Crippen LogP contribution is 2.18. The molecule has 0 bridgehead atoms. The molecule has 0 radical (unpaired) electrons. The van der Waals surface area contributed by atoms with Crippen LogP contribution < -0.4 is 10.1 Å². The van der Waals surface area contributed by atoms with Gasteiger partial charge in [0.05, 0.1) is 18.1 Å². The lowest BCUT2D eigenvalue weighted by molar-refractivity contribution is 0.0949. The third-order valence-electron chi connectivity index (χ3n) is 2.60. The fraction of sp³-hybridized carbons (Fsp3) is 0.143. The number of hydrogen-bond donors (Lipinski definition) is 1. The minimum Gasteiger partial charge on any atom is -0.497 e. The van der Waals surface area contributed by atoms with E-state index < -0.39 is 6.04 Å². The average Bonchev–Trinajstić information content (AvgIpc) is 2.99. The number of rotatable bonds is 4. The highest BCUT2D eigenvalue weighted by atomic mass is 32.1. The standard InChI is InChI=1S/C14H12N2O2S/c1-18-11-6-4-10(5-7-11)12(9-15)16-14(17)13-3-2-8-19-13/h2-8,12H,1H3,(H,16,17). The molecule has 1 N–H and O–H groups in total. The number of nitrogens with one attached hydrogen (secondary N) is 1. The van der Waals surface area contributed by atoms with E-state index in [4.69, 9.17) is 10.00 Å². The predicted octanol–water partition coefficient (Wildman–Crippen LogP) is 2.75. The second-order valence-electron chi connectivity index (χ2n) is 3.79. The summed E-state index contributed by atoms with van der Waals surface area (Å²) in [4.78, 5) is 12.5. The summed E-state index contributed by atoms with van der Waals surface area (Å²) in [6.07, 6.45) is 0. The molecule has 1 aromatic carbocycles. The molecule has 1 atom stereocenters. The Kier molecular flexibility index (Phi) is 4.16. The predicted molar refractivity (Wildman–Crippen MR) is 73.1 cm³/mol. The number of nitriles is 1. The number of thiophene rings is 1. The van der Waals surface area contributed by atoms with Crippen LogP contribution in [0.15, 0.2) is 41.8 Å². The van der Waals surface area contributed by atoms with Gasteiger partial charge in [0.1, 0.15) is 11.8 Å². The summed E-state index contributed by atoms with van der Waals surface area (Å²) >= 11 is 1.34. The van der Waals surface area contributed by atoms with E-state index in [0.29, 0.717) is 10.6 Å². The summed E-state index contributed by atoms with van der Waals surface area (Å²) in [5.74, 6) is 0.474. The van der Waals surface area contributed by atoms with E-state index in [1.54, 1.807) is 43.5 Å². The van der Waals surface area contributed by atoms with E-state index in [-0.39, 0.29) is 5.91 Å². The zero-order valence-electron chi connectivity index (χ0n) is 10.3. The molecule has 0 saturated carbocycles. The third-order valence-corrected chi connectivity index (χ3v) is 3.47. The van der Waals surface area contributed by atoms with Crippen molar-refractivity contribution >= 4 is 17.2 Å². The molecule has 0 fully saturated rings. The molecule has 5 heteroatoms. The van der Waals surface area contributed by atoms with Crippen LogP contribution in [-0.4, -0.2) is 13.0 Å². The molecule has 0 saturated heterocycles. The first-order chi connectivity index (χ1) is 9.24. The normalized spacial score (nSPS) is 11.4. The van der Waals surface area contributed by atoms with E-state index in [2.05, 4.69) is 11.4 Å². The summed E-state index contributed by atoms with van der Waals surface area (Å²) in [5, 5.41) is 13.7. The van der Waals surface area contributed by atoms with Gasteiger partial charge < -0.3 is 10.1 Å². The minimum atomic E-state index is -0.666. The Morgan fingerprint density at radius 3 is 2.63 bits per heavy atom. The number of carbonyl (C=O) groups is 1. The zero-order chi connectivity index (χ0) is 13.7. The van der Waals surface area contributed by atoms with Crippen molar-refractivity contribution in [2.24, 2.45) is 0 Å². The van der Waals surface area contributed by atoms with Crippen molar-refractivity contribution in [3.05, 3.63) is 52.2 Å². The summed E-state index contributed by atoms with van der Waals surface area (Å²) < 4.78 is 5.05. The lowest BCUT2D eigenvalue weighted by atomic mass is 10.1. The van der Waals surface area contributed by atoms with Crippen LogP contribution in [0.3, 0.4) is 0 Å². The number of hydrogen-bond acceptors (Lipinski definition) is 4. The van der Waals surface area contributed by atoms with Gasteiger partial charge >= 0.3 is 0 Å². The molecule has 1 heterocycles. The molecular weight excluding hydrogens is 260 g/mol. The Labute approximate surface area is 115 Å². The van der Waals surface area contributed by atoms with Crippen LogP contribution in [0.5, 0.6) is 5.75 Å². The molecule has 0 aliphatic heterocycles. The lowest BCUT2D eigenvalue weighted by Crippen LogP contribution is -2.26. The van der Waals surface area contributed by atoms with Crippen molar-refractivity contribution in [1.29, 1.82) is 5.26 Å². The van der Waals surface area contributed by atoms with E-state index in [1.165, 1.54) is 11.3 Å². The molecule has 1 aromatic heterocycles. The second-order valence-corrected chi connectivity index (χ2v) is 4.73. The molecule has 4 nitrogen and oxygen atoms in total. The van der Waals surface area contributed by atoms with Gasteiger partial charge in [0.25, 0.3) is 5.91 Å². The first kappa shape index (κ1) is 13.1. The molecule has 1 unspecified atom stereocenters. The zero-order valence-corrected chi connectivity index (χ0v) is 11.1. The fourth-order valence-electron chi connectivity index (χ4n) is 1.60. The maximum atomic E-state index is 11.9. The highest BCUT2D eigenvalue weighted by molar-refractivity contribution is 7.12. The summed E-state index contributed by atoms with van der Waals surface area (Å²) in [7, 11) is 1.58. The van der Waals surface area contributed by atoms with E-state index in [1.807, 2.05) is 5.38 Å². The Balaban J connectivity index is 2.12. The van der Waals surface area contributed by atoms with Gasteiger partial charge in [-0.15, -0.1) is 11.3 Å². The van der Waals surface area contributed by atoms with Crippen LogP contribution in [0, 0.1) is 11.3 Å². The number of benzene rings is 1. The van der Waals surface area contributed by atoms with Crippen molar-refractivity contribution < 1.29 is 9.53 Å². The van der Waals surface area contributed by atoms with Gasteiger partial charge in [-0.05, 0) is 29.1 Å². The third kappa shape index (κ3) is 3.12. The van der Waals surface area contributed by atoms with Gasteiger partial charge in [0, 0.05) is 0 Å². The van der Waals surface area contributed by atoms with Crippen molar-refractivity contribution in [2.75, 3.05) is 7.11 Å². The summed E-state index contributed by atoms with van der Waals surface area (Å²) in [5.41, 5.74) is 0.730. The van der Waals surface area contributed by atoms with Gasteiger partial charge in [-0.2, -0.15) is 5.26 Å². The molecule has 2 rings (SSSR count). The maximum absolute atomic E-state index is 11.9. The Hall–Kier alpha value is -2.32. The van der Waals surface area contributed by atoms with E-state index in [9.17, 15) is 4.79 Å². The van der Waals surface area contributed by atoms with Gasteiger partial charge in [0.15, 0.2) is 0 Å². The van der Waals surface area contributed by atoms with Crippen LogP contribution in [0.2, 0.25) is 0 Å². The molecule has 0 aliphatic carbocycles. The van der Waals surface area contributed by atoms with Crippen molar-refractivity contribution in [2.45, 2.75) is 6.04 Å². The molecule has 0 spiro atoms. The topological polar surface area (TPSA) is 62.1 Å². The lowest BCUT2D eigenvalue weighted by Gasteiger charge is -2.11. The van der Waals surface area contributed by atoms with E-state index in [0.717, 1.165) is 5.56 Å². The monoisotopic (exact) mass is 272 g/mol. The van der Waals surface area contributed by atoms with Crippen LogP contribution in [0.1, 0.15) is 21.3 Å². The average molecular weight is 272 g/mol. The summed E-state index contributed by atoms with van der Waals surface area (Å²) in [6.45, 7) is 0. The summed E-state index contributed by atoms with van der Waals surface area (Å²) in [6, 6.07) is 12.0. The van der Waals surface area contributed by atoms with Crippen molar-refractivity contribution in [3.8, 4) is 11.8 Å². The van der Waals surface area contributed by atoms with Crippen LogP contribution in [-0.2, 0) is 0 Å². The number of amides is 1. The molecule has 19 heavy (non-hydrogen) atoms. The smallest absolute Gasteiger partial charge is 0.262 e. The highest BCUT2D eigenvalue weighted by Gasteiger charge is 2.15. The van der Waals surface area contributed by atoms with Crippen LogP contribution in [0.25, 0.3) is 0 Å². The molecule has 0 aliphatic rings. The molecule has 96 valence electrons. The van der Waals surface area contributed by atoms with Gasteiger partial charge in [-0.1, -0.05) is 18.2 Å². The SMILES string of the molecule is COc1ccc(C(C#N)NC(=O)c2cccs2)cc1. The first-order valence-electron chi connectivity index (χ1n) is 5.62. The Morgan fingerprint density at radius 1 is 1.37 bits per heavy atom. The maximum Gasteiger partial charge on any atom is 0.262 e. The quantitative estimate of drug-likeness (QED) is 0.930. The van der Waals surface area contributed by atoms with Crippen LogP contribution >= 0.6 is 11.3 Å². The van der Waals surface area contributed by atoms with Crippen molar-refractivity contribution in [3.63, 3.8) is 0 Å². The first-order valence-corrected chi connectivity index (χ1v) is 6.50. The Bertz CT molecular complexity index is 585. The minimum absolute atomic E-state index is 0.239. The molecule has 1 amide bonds. The van der Waals surface area contributed by atoms with Crippen molar-refractivity contribution in [1.82, 2.24) is 5.32 Å². The second kappa shape index (κ2) is 6.03. The van der Waals surface area contributed by atoms with Gasteiger partial charge in [0.2, 0.25) is 0 Å². The Morgan fingerprint density at radius 2 is 2.11 bits per heavy atom. The van der Waals surface area contributed by atoms with E-state index >= 15 is 0 Å². The van der Waals surface area contributed by atoms with Gasteiger partial charge in [-0.25, -0.2) is 0 Å². The van der Waals surface area contributed by atoms with Crippen LogP contribution in [0.4, 0.5) is 0 Å². The number of carbonyl (C=O) groups excluding carboxylic acids is 1. The fourth-order valence-corrected chi connectivity index (χ4v) is 2.22. The number of methoxy groups -OCH3 is 1. The largest absolute Gasteiger partial charge is 0.497 e. The molecular formula is C14H12N2O2S. The van der Waals surface area contributed by atoms with Gasteiger partial charge in [-0.3, -0.25) is 4.79 Å². The number of nitrogens with zero attached hydrogens (tertiary/aromatic N) is 1. The number of ether oxygens (including phenoxy) is 1. The molecule has 2 aromatic rings.